The quantitative estimate of drug-likeness (QED) is 0.606. The molecule has 0 saturated carbocycles. The molecule has 0 radical (unpaired) electrons. The molecule has 168 valence electrons. The van der Waals surface area contributed by atoms with Crippen LogP contribution in [0.5, 0.6) is 0 Å². The van der Waals surface area contributed by atoms with Crippen molar-refractivity contribution in [1.29, 1.82) is 0 Å². The predicted molar refractivity (Wildman–Crippen MR) is 120 cm³/mol. The van der Waals surface area contributed by atoms with Gasteiger partial charge in [0, 0.05) is 36.9 Å². The first kappa shape index (κ1) is 23.0. The van der Waals surface area contributed by atoms with Crippen LogP contribution in [-0.2, 0) is 14.4 Å². The molecule has 2 aliphatic heterocycles. The normalized spacial score (nSPS) is 22.4. The largest absolute Gasteiger partial charge is 0.370 e. The van der Waals surface area contributed by atoms with Crippen molar-refractivity contribution in [3.63, 3.8) is 0 Å². The molecule has 0 aromatic heterocycles. The molecule has 1 aromatic carbocycles. The molecule has 7 nitrogen and oxygen atoms in total. The number of nitrogens with two attached hydrogens (primary N) is 1. The molecule has 0 aliphatic carbocycles. The second-order valence-electron chi connectivity index (χ2n) is 9.15. The molecule has 1 aromatic rings. The molecule has 0 spiro atoms. The second-order valence-corrected chi connectivity index (χ2v) is 9.15. The van der Waals surface area contributed by atoms with Gasteiger partial charge in [-0.05, 0) is 31.6 Å². The molecule has 0 fully saturated rings. The van der Waals surface area contributed by atoms with Crippen molar-refractivity contribution >= 4 is 29.6 Å². The smallest absolute Gasteiger partial charge is 0.242 e. The summed E-state index contributed by atoms with van der Waals surface area (Å²) in [5, 5.41) is 5.93. The molecule has 7 heteroatoms. The van der Waals surface area contributed by atoms with Gasteiger partial charge in [-0.1, -0.05) is 32.0 Å². The molecule has 3 atom stereocenters. The second kappa shape index (κ2) is 10.6. The highest BCUT2D eigenvalue weighted by molar-refractivity contribution is 5.91. The first-order chi connectivity index (χ1) is 14.8. The first-order valence-electron chi connectivity index (χ1n) is 11.4. The van der Waals surface area contributed by atoms with Gasteiger partial charge >= 0.3 is 0 Å². The van der Waals surface area contributed by atoms with Crippen LogP contribution in [-0.4, -0.2) is 47.6 Å². The van der Waals surface area contributed by atoms with Crippen molar-refractivity contribution in [3.8, 4) is 0 Å². The predicted octanol–water partition coefficient (Wildman–Crippen LogP) is 2.21. The van der Waals surface area contributed by atoms with Gasteiger partial charge < -0.3 is 16.4 Å². The number of nitrogens with one attached hydrogen (secondary N) is 2. The van der Waals surface area contributed by atoms with E-state index in [1.807, 2.05) is 26.0 Å². The summed E-state index contributed by atoms with van der Waals surface area (Å²) in [6.07, 6.45) is 6.22. The van der Waals surface area contributed by atoms with Gasteiger partial charge in [-0.2, -0.15) is 0 Å². The maximum Gasteiger partial charge on any atom is 0.242 e. The van der Waals surface area contributed by atoms with Crippen molar-refractivity contribution in [2.24, 2.45) is 17.6 Å². The van der Waals surface area contributed by atoms with Crippen molar-refractivity contribution in [2.45, 2.75) is 64.3 Å². The molecule has 31 heavy (non-hydrogen) atoms. The fourth-order valence-electron chi connectivity index (χ4n) is 4.61. The summed E-state index contributed by atoms with van der Waals surface area (Å²) in [6, 6.07) is 7.60. The molecule has 1 unspecified atom stereocenters. The number of carbonyl (C=O) groups excluding carboxylic acids is 3. The highest BCUT2D eigenvalue weighted by Crippen LogP contribution is 2.34. The zero-order chi connectivity index (χ0) is 22.4. The zero-order valence-electron chi connectivity index (χ0n) is 18.6. The van der Waals surface area contributed by atoms with Gasteiger partial charge in [0.2, 0.25) is 23.4 Å². The Morgan fingerprint density at radius 2 is 2.00 bits per heavy atom. The molecular formula is C24H35N4O3+. The van der Waals surface area contributed by atoms with E-state index >= 15 is 0 Å². The average Bonchev–Trinajstić information content (AvgIpc) is 3.05. The van der Waals surface area contributed by atoms with Gasteiger partial charge in [0.05, 0.1) is 5.92 Å². The Morgan fingerprint density at radius 3 is 2.74 bits per heavy atom. The van der Waals surface area contributed by atoms with E-state index in [1.54, 1.807) is 0 Å². The minimum Gasteiger partial charge on any atom is -0.370 e. The maximum atomic E-state index is 13.0. The number of carbonyl (C=O) groups is 3. The van der Waals surface area contributed by atoms with Crippen molar-refractivity contribution < 1.29 is 19.0 Å². The number of amides is 3. The number of nitrogens with zero attached hydrogens (tertiary/aromatic N) is 1. The first-order valence-corrected chi connectivity index (χ1v) is 11.4. The number of benzene rings is 1. The van der Waals surface area contributed by atoms with Gasteiger partial charge in [0.25, 0.3) is 0 Å². The van der Waals surface area contributed by atoms with E-state index in [1.165, 1.54) is 11.3 Å². The van der Waals surface area contributed by atoms with Crippen LogP contribution < -0.4 is 16.4 Å². The molecule has 2 aliphatic rings. The van der Waals surface area contributed by atoms with Crippen LogP contribution in [0.15, 0.2) is 24.3 Å². The van der Waals surface area contributed by atoms with Crippen LogP contribution in [0, 0.1) is 11.8 Å². The standard InChI is InChI=1S/C24H34N4O3/c1-16(2)12-17(14-22(25)29)23(30)27-20-13-18-15-28(21-9-5-4-8-19(18)21)11-7-3-6-10-26-24(20)31/h4-5,8-9,15-18,20H,3,6-7,10-14H2,1-2H3,(H3-,25,26,27,29,30,31)/p+1/t17-,18?,20+/m1/s1. The third kappa shape index (κ3) is 6.15. The van der Waals surface area contributed by atoms with Gasteiger partial charge in [-0.25, -0.2) is 4.58 Å². The molecule has 3 rings (SSSR count). The monoisotopic (exact) mass is 427 g/mol. The molecule has 2 bridgehead atoms. The topological polar surface area (TPSA) is 104 Å². The number of fused-ring (bicyclic) bond motifs is 4. The van der Waals surface area contributed by atoms with Crippen LogP contribution >= 0.6 is 0 Å². The van der Waals surface area contributed by atoms with E-state index < -0.39 is 17.9 Å². The highest BCUT2D eigenvalue weighted by Gasteiger charge is 2.35. The average molecular weight is 428 g/mol. The zero-order valence-corrected chi connectivity index (χ0v) is 18.6. The fraction of sp³-hybridized carbons (Fsp3) is 0.583. The molecule has 2 heterocycles. The molecule has 4 N–H and O–H groups in total. The Morgan fingerprint density at radius 1 is 1.23 bits per heavy atom. The summed E-state index contributed by atoms with van der Waals surface area (Å²) in [5.74, 6) is -1.18. The van der Waals surface area contributed by atoms with Crippen LogP contribution in [0.2, 0.25) is 0 Å². The summed E-state index contributed by atoms with van der Waals surface area (Å²) in [4.78, 5) is 37.5. The van der Waals surface area contributed by atoms with E-state index in [4.69, 9.17) is 5.73 Å². The minimum absolute atomic E-state index is 0.00941. The lowest BCUT2D eigenvalue weighted by Gasteiger charge is -2.24. The number of primary amides is 1. The Balaban J connectivity index is 1.82. The molecule has 0 saturated heterocycles. The number of para-hydroxylation sites is 1. The Labute approximate surface area is 184 Å². The summed E-state index contributed by atoms with van der Waals surface area (Å²) < 4.78 is 2.28. The minimum atomic E-state index is -0.663. The van der Waals surface area contributed by atoms with E-state index in [0.717, 1.165) is 25.8 Å². The molecular weight excluding hydrogens is 392 g/mol. The third-order valence-corrected chi connectivity index (χ3v) is 6.08. The van der Waals surface area contributed by atoms with Crippen molar-refractivity contribution in [1.82, 2.24) is 10.6 Å². The van der Waals surface area contributed by atoms with Gasteiger partial charge in [0.15, 0.2) is 6.21 Å². The Hall–Kier alpha value is -2.70. The number of hydrogen-bond acceptors (Lipinski definition) is 3. The third-order valence-electron chi connectivity index (χ3n) is 6.08. The van der Waals surface area contributed by atoms with Gasteiger partial charge in [-0.15, -0.1) is 0 Å². The van der Waals surface area contributed by atoms with Crippen LogP contribution in [0.3, 0.4) is 0 Å². The summed E-state index contributed by atoms with van der Waals surface area (Å²) in [6.45, 7) is 5.56. The van der Waals surface area contributed by atoms with E-state index in [2.05, 4.69) is 33.6 Å². The van der Waals surface area contributed by atoms with E-state index in [-0.39, 0.29) is 30.1 Å². The van der Waals surface area contributed by atoms with Crippen molar-refractivity contribution in [2.75, 3.05) is 13.1 Å². The van der Waals surface area contributed by atoms with E-state index in [9.17, 15) is 14.4 Å². The van der Waals surface area contributed by atoms with Crippen LogP contribution in [0.4, 0.5) is 5.69 Å². The van der Waals surface area contributed by atoms with Crippen LogP contribution in [0.1, 0.15) is 63.9 Å². The molecule has 3 amide bonds. The summed E-state index contributed by atoms with van der Waals surface area (Å²) in [5.41, 5.74) is 7.75. The fourth-order valence-corrected chi connectivity index (χ4v) is 4.61. The SMILES string of the molecule is CC(C)C[C@H](CC(N)=O)C(=O)N[C@H]1CC2C=[N+](CCCCCNC1=O)c1ccccc12. The lowest BCUT2D eigenvalue weighted by molar-refractivity contribution is -0.433. The Bertz CT molecular complexity index is 849. The van der Waals surface area contributed by atoms with Crippen LogP contribution in [0.25, 0.3) is 0 Å². The number of hydrogen-bond donors (Lipinski definition) is 3. The van der Waals surface area contributed by atoms with Gasteiger partial charge in [0.1, 0.15) is 12.6 Å². The summed E-state index contributed by atoms with van der Waals surface area (Å²) >= 11 is 0. The maximum absolute atomic E-state index is 13.0. The lowest BCUT2D eigenvalue weighted by Crippen LogP contribution is -2.50. The lowest BCUT2D eigenvalue weighted by atomic mass is 9.91. The number of rotatable bonds is 6. The van der Waals surface area contributed by atoms with E-state index in [0.29, 0.717) is 19.4 Å². The van der Waals surface area contributed by atoms with Gasteiger partial charge in [-0.3, -0.25) is 14.4 Å². The summed E-state index contributed by atoms with van der Waals surface area (Å²) in [7, 11) is 0. The van der Waals surface area contributed by atoms with Crippen molar-refractivity contribution in [3.05, 3.63) is 29.8 Å². The Kier molecular flexibility index (Phi) is 7.82. The highest BCUT2D eigenvalue weighted by atomic mass is 16.2.